The highest BCUT2D eigenvalue weighted by molar-refractivity contribution is 6.33. The molecule has 3 rings (SSSR count). The van der Waals surface area contributed by atoms with Crippen molar-refractivity contribution in [3.8, 4) is 5.75 Å². The Morgan fingerprint density at radius 1 is 1.43 bits per heavy atom. The van der Waals surface area contributed by atoms with Crippen molar-refractivity contribution in [2.24, 2.45) is 5.92 Å². The van der Waals surface area contributed by atoms with Crippen molar-refractivity contribution in [1.29, 1.82) is 0 Å². The van der Waals surface area contributed by atoms with E-state index in [0.29, 0.717) is 27.9 Å². The van der Waals surface area contributed by atoms with Gasteiger partial charge in [0.25, 0.3) is 5.91 Å². The van der Waals surface area contributed by atoms with E-state index in [9.17, 15) is 4.79 Å². The smallest absolute Gasteiger partial charge is 0.255 e. The molecule has 3 N–H and O–H groups in total. The zero-order valence-corrected chi connectivity index (χ0v) is 12.8. The molecule has 0 radical (unpaired) electrons. The molecule has 1 aromatic carbocycles. The first-order valence-electron chi connectivity index (χ1n) is 7.24. The van der Waals surface area contributed by atoms with Gasteiger partial charge in [-0.05, 0) is 31.4 Å². The van der Waals surface area contributed by atoms with Gasteiger partial charge in [-0.3, -0.25) is 4.79 Å². The summed E-state index contributed by atoms with van der Waals surface area (Å²) in [4.78, 5) is 15.0. The Bertz CT molecular complexity index is 564. The van der Waals surface area contributed by atoms with Gasteiger partial charge in [0.2, 0.25) is 0 Å². The second-order valence-corrected chi connectivity index (χ2v) is 6.20. The first-order chi connectivity index (χ1) is 10.1. The molecule has 0 aromatic heterocycles. The van der Waals surface area contributed by atoms with Gasteiger partial charge in [-0.1, -0.05) is 11.6 Å². The topological polar surface area (TPSA) is 67.6 Å². The van der Waals surface area contributed by atoms with Crippen LogP contribution in [0.2, 0.25) is 5.02 Å². The van der Waals surface area contributed by atoms with Crippen LogP contribution < -0.4 is 15.8 Å². The zero-order valence-electron chi connectivity index (χ0n) is 12.1. The van der Waals surface area contributed by atoms with E-state index < -0.39 is 0 Å². The minimum atomic E-state index is -0.140. The minimum Gasteiger partial charge on any atom is -0.496 e. The molecule has 2 aliphatic heterocycles. The second kappa shape index (κ2) is 5.73. The van der Waals surface area contributed by atoms with Crippen molar-refractivity contribution in [3.05, 3.63) is 22.7 Å². The van der Waals surface area contributed by atoms with Crippen LogP contribution in [0.3, 0.4) is 0 Å². The van der Waals surface area contributed by atoms with Gasteiger partial charge in [0, 0.05) is 25.2 Å². The molecule has 0 spiro atoms. The molecule has 21 heavy (non-hydrogen) atoms. The van der Waals surface area contributed by atoms with Gasteiger partial charge >= 0.3 is 0 Å². The molecule has 2 saturated heterocycles. The van der Waals surface area contributed by atoms with Gasteiger partial charge in [-0.25, -0.2) is 0 Å². The third-order valence-electron chi connectivity index (χ3n) is 4.51. The lowest BCUT2D eigenvalue weighted by Gasteiger charge is -2.31. The lowest BCUT2D eigenvalue weighted by molar-refractivity contribution is 0.0901. The number of benzene rings is 1. The van der Waals surface area contributed by atoms with Crippen LogP contribution in [0.25, 0.3) is 0 Å². The largest absolute Gasteiger partial charge is 0.496 e. The molecule has 2 heterocycles. The summed E-state index contributed by atoms with van der Waals surface area (Å²) < 4.78 is 5.25. The quantitative estimate of drug-likeness (QED) is 0.835. The predicted molar refractivity (Wildman–Crippen MR) is 82.8 cm³/mol. The predicted octanol–water partition coefficient (Wildman–Crippen LogP) is 1.75. The number of nitrogens with one attached hydrogen (secondary N) is 1. The molecule has 0 aliphatic carbocycles. The van der Waals surface area contributed by atoms with E-state index >= 15 is 0 Å². The number of nitrogens with two attached hydrogens (primary N) is 1. The van der Waals surface area contributed by atoms with Gasteiger partial charge in [-0.2, -0.15) is 0 Å². The summed E-state index contributed by atoms with van der Waals surface area (Å²) in [5.74, 6) is 0.871. The normalized spacial score (nSPS) is 27.4. The molecule has 6 heteroatoms. The number of halogens is 1. The van der Waals surface area contributed by atoms with Gasteiger partial charge in [-0.15, -0.1) is 0 Å². The van der Waals surface area contributed by atoms with E-state index in [1.54, 1.807) is 12.1 Å². The SMILES string of the molecule is COc1cc(N)c(Cl)cc1C(=O)N[C@H]1CCN2CC[C@H]1C2. The third kappa shape index (κ3) is 2.80. The van der Waals surface area contributed by atoms with Gasteiger partial charge in [0.1, 0.15) is 5.75 Å². The van der Waals surface area contributed by atoms with Crippen molar-refractivity contribution >= 4 is 23.2 Å². The van der Waals surface area contributed by atoms with Crippen LogP contribution in [0.5, 0.6) is 5.75 Å². The first-order valence-corrected chi connectivity index (χ1v) is 7.62. The molecule has 1 aromatic rings. The highest BCUT2D eigenvalue weighted by Gasteiger charge is 2.35. The number of ether oxygens (including phenoxy) is 1. The molecule has 3 atom stereocenters. The number of piperidine rings is 1. The van der Waals surface area contributed by atoms with Crippen LogP contribution in [0.4, 0.5) is 5.69 Å². The average molecular weight is 310 g/mol. The van der Waals surface area contributed by atoms with Crippen LogP contribution >= 0.6 is 11.6 Å². The van der Waals surface area contributed by atoms with Crippen LogP contribution in [0.15, 0.2) is 12.1 Å². The summed E-state index contributed by atoms with van der Waals surface area (Å²) in [6.07, 6.45) is 2.16. The summed E-state index contributed by atoms with van der Waals surface area (Å²) in [5, 5.41) is 3.51. The Kier molecular flexibility index (Phi) is 3.95. The van der Waals surface area contributed by atoms with Crippen molar-refractivity contribution < 1.29 is 9.53 Å². The number of nitrogens with zero attached hydrogens (tertiary/aromatic N) is 1. The molecule has 2 fully saturated rings. The first kappa shape index (κ1) is 14.5. The lowest BCUT2D eigenvalue weighted by Crippen LogP contribution is -2.46. The van der Waals surface area contributed by atoms with E-state index in [2.05, 4.69) is 10.2 Å². The highest BCUT2D eigenvalue weighted by Crippen LogP contribution is 2.30. The van der Waals surface area contributed by atoms with Crippen molar-refractivity contribution in [3.63, 3.8) is 0 Å². The number of methoxy groups -OCH3 is 1. The number of carbonyl (C=O) groups excluding carboxylic acids is 1. The third-order valence-corrected chi connectivity index (χ3v) is 4.84. The number of amides is 1. The summed E-state index contributed by atoms with van der Waals surface area (Å²) in [7, 11) is 1.52. The van der Waals surface area contributed by atoms with Crippen molar-refractivity contribution in [2.75, 3.05) is 32.5 Å². The second-order valence-electron chi connectivity index (χ2n) is 5.79. The highest BCUT2D eigenvalue weighted by atomic mass is 35.5. The summed E-state index contributed by atoms with van der Waals surface area (Å²) in [6.45, 7) is 3.29. The minimum absolute atomic E-state index is 0.140. The average Bonchev–Trinajstić information content (AvgIpc) is 2.87. The Hall–Kier alpha value is -1.46. The standard InChI is InChI=1S/C15H20ClN3O2/c1-21-14-7-12(17)11(16)6-10(14)15(20)18-13-3-5-19-4-2-9(13)8-19/h6-7,9,13H,2-5,8,17H2,1H3,(H,18,20)/t9-,13-/m0/s1. The van der Waals surface area contributed by atoms with E-state index in [1.807, 2.05) is 0 Å². The number of rotatable bonds is 3. The molecule has 2 aliphatic rings. The summed E-state index contributed by atoms with van der Waals surface area (Å²) >= 11 is 6.03. The van der Waals surface area contributed by atoms with Gasteiger partial charge < -0.3 is 20.7 Å². The van der Waals surface area contributed by atoms with Crippen LogP contribution in [0.1, 0.15) is 23.2 Å². The Labute approximate surface area is 129 Å². The number of nitrogen functional groups attached to an aromatic ring is 1. The Morgan fingerprint density at radius 3 is 2.95 bits per heavy atom. The van der Waals surface area contributed by atoms with E-state index in [-0.39, 0.29) is 11.9 Å². The molecule has 1 amide bonds. The lowest BCUT2D eigenvalue weighted by atomic mass is 9.94. The fraction of sp³-hybridized carbons (Fsp3) is 0.533. The fourth-order valence-corrected chi connectivity index (χ4v) is 3.47. The van der Waals surface area contributed by atoms with Crippen LogP contribution in [-0.2, 0) is 0 Å². The molecule has 114 valence electrons. The van der Waals surface area contributed by atoms with Gasteiger partial charge in [0.15, 0.2) is 0 Å². The molecular formula is C15H20ClN3O2. The number of hydrogen-bond donors (Lipinski definition) is 2. The fourth-order valence-electron chi connectivity index (χ4n) is 3.30. The number of carbonyl (C=O) groups is 1. The Balaban J connectivity index is 1.77. The zero-order chi connectivity index (χ0) is 15.0. The van der Waals surface area contributed by atoms with E-state index in [0.717, 1.165) is 32.5 Å². The molecular weight excluding hydrogens is 290 g/mol. The molecule has 5 nitrogen and oxygen atoms in total. The van der Waals surface area contributed by atoms with E-state index in [4.69, 9.17) is 22.1 Å². The summed E-state index contributed by atoms with van der Waals surface area (Å²) in [5.41, 5.74) is 6.60. The maximum Gasteiger partial charge on any atom is 0.255 e. The number of anilines is 1. The molecule has 0 saturated carbocycles. The number of hydrogen-bond acceptors (Lipinski definition) is 4. The summed E-state index contributed by atoms with van der Waals surface area (Å²) in [6, 6.07) is 3.40. The maximum atomic E-state index is 12.5. The Morgan fingerprint density at radius 2 is 2.19 bits per heavy atom. The van der Waals surface area contributed by atoms with Gasteiger partial charge in [0.05, 0.1) is 23.4 Å². The van der Waals surface area contributed by atoms with Crippen LogP contribution in [0, 0.1) is 5.92 Å². The monoisotopic (exact) mass is 309 g/mol. The number of fused-ring (bicyclic) bond motifs is 2. The van der Waals surface area contributed by atoms with E-state index in [1.165, 1.54) is 7.11 Å². The van der Waals surface area contributed by atoms with Crippen LogP contribution in [-0.4, -0.2) is 43.6 Å². The maximum absolute atomic E-state index is 12.5. The van der Waals surface area contributed by atoms with Crippen molar-refractivity contribution in [1.82, 2.24) is 10.2 Å². The van der Waals surface area contributed by atoms with Crippen molar-refractivity contribution in [2.45, 2.75) is 18.9 Å². The molecule has 1 unspecified atom stereocenters. The molecule has 2 bridgehead atoms.